The van der Waals surface area contributed by atoms with E-state index in [4.69, 9.17) is 0 Å². The van der Waals surface area contributed by atoms with Crippen molar-refractivity contribution < 1.29 is 14.4 Å². The van der Waals surface area contributed by atoms with Gasteiger partial charge in [0.25, 0.3) is 0 Å². The number of piperidine rings is 1. The molecule has 0 bridgehead atoms. The fraction of sp³-hybridized carbons (Fsp3) is 0.875. The summed E-state index contributed by atoms with van der Waals surface area (Å²) in [5.74, 6) is -0.894. The van der Waals surface area contributed by atoms with E-state index in [-0.39, 0.29) is 6.04 Å². The lowest BCUT2D eigenvalue weighted by molar-refractivity contribution is -0.913. The maximum absolute atomic E-state index is 10.6. The molecule has 1 saturated heterocycles. The van der Waals surface area contributed by atoms with E-state index in [2.05, 4.69) is 0 Å². The number of carboxylic acid groups (broad SMARTS) is 1. The minimum Gasteiger partial charge on any atom is -0.544 e. The molecule has 0 aromatic carbocycles. The third-order valence-corrected chi connectivity index (χ3v) is 2.58. The summed E-state index contributed by atoms with van der Waals surface area (Å²) < 4.78 is 0.586. The molecule has 0 amide bonds. The van der Waals surface area contributed by atoms with Crippen molar-refractivity contribution >= 4 is 5.97 Å². The summed E-state index contributed by atoms with van der Waals surface area (Å²) in [6.45, 7) is 0.957. The van der Waals surface area contributed by atoms with Gasteiger partial charge in [0.1, 0.15) is 6.04 Å². The Morgan fingerprint density at radius 2 is 2.09 bits per heavy atom. The average molecular weight is 157 g/mol. The van der Waals surface area contributed by atoms with Crippen molar-refractivity contribution in [3.8, 4) is 0 Å². The van der Waals surface area contributed by atoms with Crippen LogP contribution in [0.3, 0.4) is 0 Å². The number of aliphatic carboxylic acids is 1. The number of carboxylic acids is 1. The van der Waals surface area contributed by atoms with Crippen molar-refractivity contribution in [3.05, 3.63) is 0 Å². The van der Waals surface area contributed by atoms with Crippen LogP contribution in [0.15, 0.2) is 0 Å². The van der Waals surface area contributed by atoms with Crippen LogP contribution in [0.2, 0.25) is 0 Å². The van der Waals surface area contributed by atoms with Gasteiger partial charge in [0.05, 0.1) is 26.6 Å². The molecule has 0 aromatic rings. The molecule has 3 nitrogen and oxygen atoms in total. The quantitative estimate of drug-likeness (QED) is 0.475. The van der Waals surface area contributed by atoms with E-state index < -0.39 is 5.97 Å². The second kappa shape index (κ2) is 2.81. The van der Waals surface area contributed by atoms with Gasteiger partial charge >= 0.3 is 0 Å². The van der Waals surface area contributed by atoms with Gasteiger partial charge in [-0.1, -0.05) is 0 Å². The van der Waals surface area contributed by atoms with E-state index in [0.29, 0.717) is 4.48 Å². The Labute approximate surface area is 67.2 Å². The van der Waals surface area contributed by atoms with Gasteiger partial charge in [0.15, 0.2) is 0 Å². The summed E-state index contributed by atoms with van der Waals surface area (Å²) in [7, 11) is 3.92. The fourth-order valence-corrected chi connectivity index (χ4v) is 1.77. The normalized spacial score (nSPS) is 29.8. The highest BCUT2D eigenvalue weighted by atomic mass is 16.4. The highest BCUT2D eigenvalue weighted by molar-refractivity contribution is 5.69. The van der Waals surface area contributed by atoms with Crippen LogP contribution in [-0.2, 0) is 4.79 Å². The van der Waals surface area contributed by atoms with Crippen LogP contribution >= 0.6 is 0 Å². The van der Waals surface area contributed by atoms with Gasteiger partial charge in [-0.2, -0.15) is 0 Å². The lowest BCUT2D eigenvalue weighted by atomic mass is 10.0. The summed E-state index contributed by atoms with van der Waals surface area (Å²) in [6.07, 6.45) is 2.94. The summed E-state index contributed by atoms with van der Waals surface area (Å²) >= 11 is 0. The molecule has 0 aromatic heterocycles. The Kier molecular flexibility index (Phi) is 2.18. The van der Waals surface area contributed by atoms with E-state index in [1.54, 1.807) is 0 Å². The second-order valence-electron chi connectivity index (χ2n) is 3.83. The minimum atomic E-state index is -0.894. The van der Waals surface area contributed by atoms with Crippen molar-refractivity contribution in [2.75, 3.05) is 20.6 Å². The molecule has 0 spiro atoms. The van der Waals surface area contributed by atoms with Crippen LogP contribution in [0.1, 0.15) is 19.3 Å². The third-order valence-electron chi connectivity index (χ3n) is 2.58. The van der Waals surface area contributed by atoms with Crippen molar-refractivity contribution in [2.24, 2.45) is 0 Å². The summed E-state index contributed by atoms with van der Waals surface area (Å²) in [5, 5.41) is 10.6. The minimum absolute atomic E-state index is 0.288. The maximum Gasteiger partial charge on any atom is 0.129 e. The number of nitrogens with zero attached hydrogens (tertiary/aromatic N) is 1. The first-order chi connectivity index (χ1) is 5.04. The monoisotopic (exact) mass is 157 g/mol. The number of likely N-dealkylation sites (N-methyl/N-ethyl adjacent to an activating group) is 1. The number of quaternary nitrogens is 1. The average Bonchev–Trinajstić information content (AvgIpc) is 1.85. The van der Waals surface area contributed by atoms with Crippen molar-refractivity contribution in [1.29, 1.82) is 0 Å². The Morgan fingerprint density at radius 3 is 2.45 bits per heavy atom. The maximum atomic E-state index is 10.6. The molecule has 11 heavy (non-hydrogen) atoms. The molecular formula is C8H15NO2. The summed E-state index contributed by atoms with van der Waals surface area (Å²) in [5.41, 5.74) is 0. The molecule has 0 radical (unpaired) electrons. The van der Waals surface area contributed by atoms with E-state index in [0.717, 1.165) is 25.8 Å². The molecule has 0 N–H and O–H groups in total. The van der Waals surface area contributed by atoms with Gasteiger partial charge in [-0.3, -0.25) is 0 Å². The van der Waals surface area contributed by atoms with Crippen LogP contribution < -0.4 is 5.11 Å². The van der Waals surface area contributed by atoms with Crippen LogP contribution in [0.25, 0.3) is 0 Å². The Morgan fingerprint density at radius 1 is 1.45 bits per heavy atom. The molecule has 0 unspecified atom stereocenters. The molecular weight excluding hydrogens is 142 g/mol. The highest BCUT2D eigenvalue weighted by Gasteiger charge is 2.31. The van der Waals surface area contributed by atoms with Crippen LogP contribution in [0.5, 0.6) is 0 Å². The van der Waals surface area contributed by atoms with Gasteiger partial charge in [-0.15, -0.1) is 0 Å². The first kappa shape index (κ1) is 8.53. The zero-order valence-electron chi connectivity index (χ0n) is 7.17. The molecule has 0 saturated carbocycles. The Balaban J connectivity index is 2.67. The number of rotatable bonds is 1. The summed E-state index contributed by atoms with van der Waals surface area (Å²) in [4.78, 5) is 10.6. The topological polar surface area (TPSA) is 40.1 Å². The zero-order chi connectivity index (χ0) is 8.48. The van der Waals surface area contributed by atoms with Crippen LogP contribution in [0.4, 0.5) is 0 Å². The molecule has 3 heteroatoms. The molecule has 1 atom stereocenters. The highest BCUT2D eigenvalue weighted by Crippen LogP contribution is 2.20. The van der Waals surface area contributed by atoms with Crippen molar-refractivity contribution in [3.63, 3.8) is 0 Å². The molecule has 1 heterocycles. The van der Waals surface area contributed by atoms with Gasteiger partial charge in [-0.25, -0.2) is 0 Å². The summed E-state index contributed by atoms with van der Waals surface area (Å²) in [6, 6.07) is -0.288. The van der Waals surface area contributed by atoms with E-state index in [1.807, 2.05) is 14.1 Å². The van der Waals surface area contributed by atoms with Gasteiger partial charge in [0, 0.05) is 6.42 Å². The molecule has 1 rings (SSSR count). The predicted octanol–water partition coefficient (Wildman–Crippen LogP) is -0.635. The van der Waals surface area contributed by atoms with Gasteiger partial charge in [-0.05, 0) is 12.8 Å². The first-order valence-corrected chi connectivity index (χ1v) is 4.07. The number of hydrogen-bond acceptors (Lipinski definition) is 2. The number of hydrogen-bond donors (Lipinski definition) is 0. The first-order valence-electron chi connectivity index (χ1n) is 4.07. The second-order valence-corrected chi connectivity index (χ2v) is 3.83. The molecule has 0 aliphatic carbocycles. The van der Waals surface area contributed by atoms with E-state index in [9.17, 15) is 9.90 Å². The number of carbonyl (C=O) groups excluding carboxylic acids is 1. The molecule has 64 valence electrons. The van der Waals surface area contributed by atoms with E-state index >= 15 is 0 Å². The van der Waals surface area contributed by atoms with Crippen LogP contribution in [-0.4, -0.2) is 37.1 Å². The third kappa shape index (κ3) is 1.71. The SMILES string of the molecule is C[N+]1(C)CCCC[C@H]1C(=O)[O-]. The van der Waals surface area contributed by atoms with Crippen LogP contribution in [0, 0.1) is 0 Å². The Hall–Kier alpha value is -0.570. The Bertz CT molecular complexity index is 165. The van der Waals surface area contributed by atoms with Crippen molar-refractivity contribution in [1.82, 2.24) is 0 Å². The smallest absolute Gasteiger partial charge is 0.129 e. The molecule has 1 aliphatic rings. The largest absolute Gasteiger partial charge is 0.544 e. The number of carbonyl (C=O) groups is 1. The fourth-order valence-electron chi connectivity index (χ4n) is 1.77. The van der Waals surface area contributed by atoms with Gasteiger partial charge in [0.2, 0.25) is 0 Å². The zero-order valence-corrected chi connectivity index (χ0v) is 7.17. The predicted molar refractivity (Wildman–Crippen MR) is 39.6 cm³/mol. The van der Waals surface area contributed by atoms with Gasteiger partial charge < -0.3 is 14.4 Å². The lowest BCUT2D eigenvalue weighted by Crippen LogP contribution is -2.59. The molecule has 1 fully saturated rings. The molecule has 1 aliphatic heterocycles. The number of likely N-dealkylation sites (tertiary alicyclic amines) is 1. The lowest BCUT2D eigenvalue weighted by Gasteiger charge is -2.41. The van der Waals surface area contributed by atoms with Crippen molar-refractivity contribution in [2.45, 2.75) is 25.3 Å². The standard InChI is InChI=1S/C8H15NO2/c1-9(2)6-4-3-5-7(9)8(10)11/h7H,3-6H2,1-2H3/t7-/m0/s1. The van der Waals surface area contributed by atoms with E-state index in [1.165, 1.54) is 0 Å².